The molecule has 0 unspecified atom stereocenters. The molecule has 0 bridgehead atoms. The van der Waals surface area contributed by atoms with Crippen LogP contribution in [0.15, 0.2) is 35.6 Å². The van der Waals surface area contributed by atoms with Gasteiger partial charge in [-0.25, -0.2) is 18.4 Å². The van der Waals surface area contributed by atoms with Crippen LogP contribution in [0.1, 0.15) is 4.88 Å². The summed E-state index contributed by atoms with van der Waals surface area (Å²) in [4.78, 5) is 7.01. The van der Waals surface area contributed by atoms with E-state index in [-0.39, 0.29) is 22.2 Å². The van der Waals surface area contributed by atoms with Crippen LogP contribution in [0.2, 0.25) is 0 Å². The largest absolute Gasteiger partial charge is 0.425 e. The average Bonchev–Trinajstić information content (AvgIpc) is 3.11. The molecule has 132 valence electrons. The lowest BCUT2D eigenvalue weighted by atomic mass is 10.2. The Morgan fingerprint density at radius 3 is 2.36 bits per heavy atom. The SMILES string of the molecule is CS(=O)(=O)c1nn(-c2ncccn2)c(N)c1-c1ccc(C(F)(F)F)s1. The smallest absolute Gasteiger partial charge is 0.383 e. The summed E-state index contributed by atoms with van der Waals surface area (Å²) < 4.78 is 63.6. The standard InChI is InChI=1S/C13H10F3N5O2S2/c1-25(22,23)11-9(7-3-4-8(24-7)13(14,15)16)10(17)21(20-11)12-18-5-2-6-19-12/h2-6H,17H2,1H3. The predicted octanol–water partition coefficient (Wildman–Crippen LogP) is 2.40. The molecule has 0 aliphatic heterocycles. The van der Waals surface area contributed by atoms with Gasteiger partial charge in [-0.05, 0) is 18.2 Å². The van der Waals surface area contributed by atoms with Crippen LogP contribution in [0.3, 0.4) is 0 Å². The summed E-state index contributed by atoms with van der Waals surface area (Å²) in [5.74, 6) is -0.161. The van der Waals surface area contributed by atoms with E-state index in [1.54, 1.807) is 0 Å². The monoisotopic (exact) mass is 389 g/mol. The minimum atomic E-state index is -4.54. The molecular formula is C13H10F3N5O2S2. The molecule has 25 heavy (non-hydrogen) atoms. The average molecular weight is 389 g/mol. The molecule has 0 aliphatic carbocycles. The van der Waals surface area contributed by atoms with Crippen LogP contribution in [0, 0.1) is 0 Å². The van der Waals surface area contributed by atoms with Crippen molar-refractivity contribution in [1.29, 1.82) is 0 Å². The molecule has 7 nitrogen and oxygen atoms in total. The summed E-state index contributed by atoms with van der Waals surface area (Å²) in [6.07, 6.45) is -0.847. The molecule has 0 atom stereocenters. The number of aromatic nitrogens is 4. The van der Waals surface area contributed by atoms with E-state index in [0.717, 1.165) is 23.1 Å². The normalized spacial score (nSPS) is 12.5. The minimum absolute atomic E-state index is 0.00347. The van der Waals surface area contributed by atoms with Crippen LogP contribution < -0.4 is 5.73 Å². The number of alkyl halides is 3. The van der Waals surface area contributed by atoms with E-state index in [1.165, 1.54) is 18.5 Å². The molecule has 0 aromatic carbocycles. The number of anilines is 1. The highest BCUT2D eigenvalue weighted by Crippen LogP contribution is 2.42. The third-order valence-corrected chi connectivity index (χ3v) is 5.25. The van der Waals surface area contributed by atoms with E-state index in [0.29, 0.717) is 11.3 Å². The van der Waals surface area contributed by atoms with Crippen molar-refractivity contribution >= 4 is 27.0 Å². The van der Waals surface area contributed by atoms with E-state index in [9.17, 15) is 21.6 Å². The maximum absolute atomic E-state index is 12.8. The van der Waals surface area contributed by atoms with Gasteiger partial charge in [0.05, 0.1) is 5.56 Å². The van der Waals surface area contributed by atoms with Crippen molar-refractivity contribution in [2.75, 3.05) is 12.0 Å². The number of nitrogens with zero attached hydrogens (tertiary/aromatic N) is 4. The second-order valence-corrected chi connectivity index (χ2v) is 7.97. The number of nitrogens with two attached hydrogens (primary N) is 1. The van der Waals surface area contributed by atoms with Crippen LogP contribution in [0.4, 0.5) is 19.0 Å². The molecule has 3 aromatic heterocycles. The first-order valence-electron chi connectivity index (χ1n) is 6.62. The molecule has 3 heterocycles. The lowest BCUT2D eigenvalue weighted by molar-refractivity contribution is -0.134. The topological polar surface area (TPSA) is 104 Å². The zero-order chi connectivity index (χ0) is 18.4. The second kappa shape index (κ2) is 5.81. The van der Waals surface area contributed by atoms with Crippen LogP contribution in [-0.2, 0) is 16.0 Å². The molecule has 0 saturated carbocycles. The lowest BCUT2D eigenvalue weighted by Crippen LogP contribution is -2.06. The van der Waals surface area contributed by atoms with Crippen molar-refractivity contribution in [3.05, 3.63) is 35.5 Å². The first-order valence-corrected chi connectivity index (χ1v) is 9.33. The molecule has 0 aliphatic rings. The van der Waals surface area contributed by atoms with Crippen molar-refractivity contribution in [2.24, 2.45) is 0 Å². The molecule has 3 rings (SSSR count). The van der Waals surface area contributed by atoms with Crippen molar-refractivity contribution in [3.63, 3.8) is 0 Å². The second-order valence-electron chi connectivity index (χ2n) is 4.96. The summed E-state index contributed by atoms with van der Waals surface area (Å²) in [7, 11) is -3.86. The molecule has 12 heteroatoms. The van der Waals surface area contributed by atoms with Gasteiger partial charge in [0.25, 0.3) is 5.95 Å². The number of hydrogen-bond acceptors (Lipinski definition) is 7. The molecule has 0 saturated heterocycles. The van der Waals surface area contributed by atoms with Crippen LogP contribution >= 0.6 is 11.3 Å². The van der Waals surface area contributed by atoms with Crippen LogP contribution in [-0.4, -0.2) is 34.4 Å². The summed E-state index contributed by atoms with van der Waals surface area (Å²) in [6, 6.07) is 3.56. The van der Waals surface area contributed by atoms with Crippen molar-refractivity contribution in [3.8, 4) is 16.4 Å². The maximum Gasteiger partial charge on any atom is 0.425 e. The van der Waals surface area contributed by atoms with E-state index in [2.05, 4.69) is 15.1 Å². The van der Waals surface area contributed by atoms with Gasteiger partial charge < -0.3 is 5.73 Å². The Kier molecular flexibility index (Phi) is 4.03. The molecule has 0 amide bonds. The third-order valence-electron chi connectivity index (χ3n) is 3.11. The van der Waals surface area contributed by atoms with Gasteiger partial charge in [0, 0.05) is 23.5 Å². The Morgan fingerprint density at radius 2 is 1.84 bits per heavy atom. The van der Waals surface area contributed by atoms with E-state index in [4.69, 9.17) is 5.73 Å². The quantitative estimate of drug-likeness (QED) is 0.738. The fourth-order valence-electron chi connectivity index (χ4n) is 2.08. The predicted molar refractivity (Wildman–Crippen MR) is 85.0 cm³/mol. The molecular weight excluding hydrogens is 379 g/mol. The van der Waals surface area contributed by atoms with Gasteiger partial charge >= 0.3 is 6.18 Å². The Hall–Kier alpha value is -2.47. The fraction of sp³-hybridized carbons (Fsp3) is 0.154. The molecule has 3 aromatic rings. The minimum Gasteiger partial charge on any atom is -0.383 e. The van der Waals surface area contributed by atoms with Crippen molar-refractivity contribution < 1.29 is 21.6 Å². The summed E-state index contributed by atoms with van der Waals surface area (Å²) >= 11 is 0.382. The lowest BCUT2D eigenvalue weighted by Gasteiger charge is -2.03. The first-order chi connectivity index (χ1) is 11.6. The van der Waals surface area contributed by atoms with Crippen molar-refractivity contribution in [1.82, 2.24) is 19.7 Å². The highest BCUT2D eigenvalue weighted by atomic mass is 32.2. The number of halogens is 3. The van der Waals surface area contributed by atoms with E-state index >= 15 is 0 Å². The van der Waals surface area contributed by atoms with E-state index in [1.807, 2.05) is 0 Å². The van der Waals surface area contributed by atoms with E-state index < -0.39 is 25.9 Å². The van der Waals surface area contributed by atoms with Gasteiger partial charge in [-0.3, -0.25) is 0 Å². The number of rotatable bonds is 3. The van der Waals surface area contributed by atoms with Crippen molar-refractivity contribution in [2.45, 2.75) is 11.2 Å². The highest BCUT2D eigenvalue weighted by molar-refractivity contribution is 7.90. The summed E-state index contributed by atoms with van der Waals surface area (Å²) in [6.45, 7) is 0. The van der Waals surface area contributed by atoms with Crippen LogP contribution in [0.25, 0.3) is 16.4 Å². The zero-order valence-corrected chi connectivity index (χ0v) is 14.2. The first kappa shape index (κ1) is 17.4. The zero-order valence-electron chi connectivity index (χ0n) is 12.5. The van der Waals surface area contributed by atoms with Gasteiger partial charge in [0.1, 0.15) is 10.7 Å². The van der Waals surface area contributed by atoms with Gasteiger partial charge in [-0.2, -0.15) is 23.0 Å². The molecule has 2 N–H and O–H groups in total. The Balaban J connectivity index is 2.25. The number of nitrogen functional groups attached to an aromatic ring is 1. The van der Waals surface area contributed by atoms with Gasteiger partial charge in [-0.1, -0.05) is 0 Å². The van der Waals surface area contributed by atoms with Gasteiger partial charge in [0.15, 0.2) is 14.9 Å². The third kappa shape index (κ3) is 3.22. The maximum atomic E-state index is 12.8. The number of hydrogen-bond donors (Lipinski definition) is 1. The Labute approximate surface area is 143 Å². The molecule has 0 spiro atoms. The number of sulfone groups is 1. The van der Waals surface area contributed by atoms with Gasteiger partial charge in [0.2, 0.25) is 0 Å². The summed E-state index contributed by atoms with van der Waals surface area (Å²) in [5.41, 5.74) is 5.86. The van der Waals surface area contributed by atoms with Crippen LogP contribution in [0.5, 0.6) is 0 Å². The molecule has 0 radical (unpaired) electrons. The van der Waals surface area contributed by atoms with Gasteiger partial charge in [-0.15, -0.1) is 11.3 Å². The molecule has 0 fully saturated rings. The summed E-state index contributed by atoms with van der Waals surface area (Å²) in [5, 5.41) is 3.47. The number of thiophene rings is 1. The highest BCUT2D eigenvalue weighted by Gasteiger charge is 2.34. The Bertz CT molecular complexity index is 1030. The Morgan fingerprint density at radius 1 is 1.20 bits per heavy atom. The fourth-order valence-corrected chi connectivity index (χ4v) is 3.89.